The Morgan fingerprint density at radius 2 is 1.84 bits per heavy atom. The topological polar surface area (TPSA) is 48.2 Å². The van der Waals surface area contributed by atoms with Gasteiger partial charge >= 0.3 is 12.1 Å². The Bertz CT molecular complexity index is 554. The number of hydrogen-bond acceptors (Lipinski definition) is 4. The predicted octanol–water partition coefficient (Wildman–Crippen LogP) is 3.05. The van der Waals surface area contributed by atoms with E-state index in [-0.39, 0.29) is 5.82 Å². The van der Waals surface area contributed by atoms with Crippen molar-refractivity contribution in [3.63, 3.8) is 0 Å². The maximum atomic E-state index is 12.3. The molecule has 4 nitrogen and oxygen atoms in total. The van der Waals surface area contributed by atoms with Crippen LogP contribution in [0.3, 0.4) is 0 Å². The first-order valence-corrected chi connectivity index (χ1v) is 6.91. The van der Waals surface area contributed by atoms with Crippen LogP contribution < -0.4 is 5.30 Å². The highest BCUT2D eigenvalue weighted by molar-refractivity contribution is 7.60. The zero-order valence-electron chi connectivity index (χ0n) is 10.1. The second-order valence-corrected chi connectivity index (χ2v) is 5.52. The third-order valence-corrected chi connectivity index (χ3v) is 4.00. The van der Waals surface area contributed by atoms with E-state index in [9.17, 15) is 13.2 Å². The maximum Gasteiger partial charge on any atom is 0.471 e. The molecule has 8 heteroatoms. The van der Waals surface area contributed by atoms with Gasteiger partial charge in [-0.3, -0.25) is 0 Å². The first-order valence-electron chi connectivity index (χ1n) is 5.21. The molecule has 0 amide bonds. The van der Waals surface area contributed by atoms with Crippen molar-refractivity contribution in [2.24, 2.45) is 0 Å². The van der Waals surface area contributed by atoms with Crippen LogP contribution in [-0.4, -0.2) is 23.9 Å². The van der Waals surface area contributed by atoms with Crippen molar-refractivity contribution >= 4 is 13.5 Å². The molecule has 0 fully saturated rings. The molecule has 1 unspecified atom stereocenters. The Balaban J connectivity index is 2.25. The summed E-state index contributed by atoms with van der Waals surface area (Å²) in [6, 6.07) is 6.82. The molecule has 0 saturated heterocycles. The van der Waals surface area contributed by atoms with Gasteiger partial charge in [0.15, 0.2) is 0 Å². The largest absolute Gasteiger partial charge is 0.471 e. The van der Waals surface area contributed by atoms with Gasteiger partial charge in [0, 0.05) is 18.0 Å². The van der Waals surface area contributed by atoms with Crippen molar-refractivity contribution < 1.29 is 22.2 Å². The summed E-state index contributed by atoms with van der Waals surface area (Å²) in [6.07, 6.45) is -4.63. The molecule has 102 valence electrons. The van der Waals surface area contributed by atoms with Gasteiger partial charge in [-0.25, -0.2) is 0 Å². The van der Waals surface area contributed by atoms with E-state index in [0.717, 1.165) is 5.30 Å². The number of benzene rings is 1. The second kappa shape index (κ2) is 5.27. The number of aromatic nitrogens is 2. The van der Waals surface area contributed by atoms with E-state index < -0.39 is 20.2 Å². The lowest BCUT2D eigenvalue weighted by atomic mass is 10.2. The van der Waals surface area contributed by atoms with Crippen LogP contribution in [0.4, 0.5) is 13.2 Å². The Morgan fingerprint density at radius 3 is 2.32 bits per heavy atom. The number of alkyl halides is 3. The Labute approximate surface area is 108 Å². The van der Waals surface area contributed by atoms with Crippen LogP contribution in [0, 0.1) is 0 Å². The number of hydrogen-bond donors (Lipinski definition) is 0. The van der Waals surface area contributed by atoms with Gasteiger partial charge in [-0.15, -0.1) is 0 Å². The summed E-state index contributed by atoms with van der Waals surface area (Å²) in [6.45, 7) is 1.93. The van der Waals surface area contributed by atoms with Crippen molar-refractivity contribution in [2.45, 2.75) is 6.18 Å². The van der Waals surface area contributed by atoms with E-state index in [1.54, 1.807) is 31.4 Å². The van der Waals surface area contributed by atoms with E-state index in [1.807, 2.05) is 6.66 Å². The minimum absolute atomic E-state index is 0.0864. The van der Waals surface area contributed by atoms with Gasteiger partial charge < -0.3 is 9.05 Å². The van der Waals surface area contributed by atoms with E-state index in [0.29, 0.717) is 5.56 Å². The van der Waals surface area contributed by atoms with Crippen LogP contribution in [0.5, 0.6) is 0 Å². The summed E-state index contributed by atoms with van der Waals surface area (Å²) >= 11 is 0. The van der Waals surface area contributed by atoms with Gasteiger partial charge in [0.25, 0.3) is 0 Å². The minimum Gasteiger partial charge on any atom is -0.358 e. The van der Waals surface area contributed by atoms with E-state index in [4.69, 9.17) is 4.52 Å². The summed E-state index contributed by atoms with van der Waals surface area (Å²) < 4.78 is 46.3. The highest BCUT2D eigenvalue weighted by atomic mass is 31.1. The number of halogens is 3. The van der Waals surface area contributed by atoms with Crippen LogP contribution in [0.25, 0.3) is 11.4 Å². The molecule has 2 rings (SSSR count). The van der Waals surface area contributed by atoms with Crippen LogP contribution >= 0.6 is 8.15 Å². The highest BCUT2D eigenvalue weighted by Gasteiger charge is 2.38. The molecular formula is C11H10F3N2O2P. The molecule has 1 atom stereocenters. The molecular weight excluding hydrogens is 280 g/mol. The van der Waals surface area contributed by atoms with Gasteiger partial charge in [0.05, 0.1) is 8.15 Å². The Kier molecular flexibility index (Phi) is 3.87. The minimum atomic E-state index is -4.63. The van der Waals surface area contributed by atoms with E-state index in [2.05, 4.69) is 14.7 Å². The fraction of sp³-hybridized carbons (Fsp3) is 0.273. The molecule has 0 radical (unpaired) electrons. The first-order chi connectivity index (χ1) is 8.91. The molecule has 0 N–H and O–H groups in total. The maximum absolute atomic E-state index is 12.3. The summed E-state index contributed by atoms with van der Waals surface area (Å²) in [7, 11) is 0.893. The molecule has 0 spiro atoms. The van der Waals surface area contributed by atoms with Gasteiger partial charge in [0.2, 0.25) is 5.82 Å². The van der Waals surface area contributed by atoms with Crippen molar-refractivity contribution in [3.8, 4) is 11.4 Å². The fourth-order valence-electron chi connectivity index (χ4n) is 1.38. The lowest BCUT2D eigenvalue weighted by Gasteiger charge is -2.08. The smallest absolute Gasteiger partial charge is 0.358 e. The summed E-state index contributed by atoms with van der Waals surface area (Å²) in [4.78, 5) is 3.32. The third kappa shape index (κ3) is 3.11. The van der Waals surface area contributed by atoms with Gasteiger partial charge in [0.1, 0.15) is 0 Å². The average Bonchev–Trinajstić information content (AvgIpc) is 2.87. The normalized spacial score (nSPS) is 13.5. The van der Waals surface area contributed by atoms with E-state index >= 15 is 0 Å². The zero-order chi connectivity index (χ0) is 14.0. The Hall–Kier alpha value is -1.46. The molecule has 1 aromatic carbocycles. The lowest BCUT2D eigenvalue weighted by Crippen LogP contribution is -2.05. The van der Waals surface area contributed by atoms with Crippen LogP contribution in [0.1, 0.15) is 5.89 Å². The molecule has 19 heavy (non-hydrogen) atoms. The quantitative estimate of drug-likeness (QED) is 0.815. The molecule has 0 bridgehead atoms. The molecule has 1 aromatic heterocycles. The molecule has 2 aromatic rings. The zero-order valence-corrected chi connectivity index (χ0v) is 11.0. The van der Waals surface area contributed by atoms with E-state index in [1.165, 1.54) is 0 Å². The van der Waals surface area contributed by atoms with Crippen molar-refractivity contribution in [3.05, 3.63) is 30.2 Å². The van der Waals surface area contributed by atoms with Crippen LogP contribution in [-0.2, 0) is 10.7 Å². The van der Waals surface area contributed by atoms with Crippen molar-refractivity contribution in [2.75, 3.05) is 13.8 Å². The molecule has 0 aliphatic heterocycles. The summed E-state index contributed by atoms with van der Waals surface area (Å²) in [5.41, 5.74) is 0.461. The monoisotopic (exact) mass is 290 g/mol. The van der Waals surface area contributed by atoms with Gasteiger partial charge in [-0.05, 0) is 6.66 Å². The standard InChI is InChI=1S/C11H10F3N2O2P/c1-17-19(2)8-5-3-7(4-6-8)9-15-10(18-16-9)11(12,13)14/h3-6H,1-2H3. The predicted molar refractivity (Wildman–Crippen MR) is 64.2 cm³/mol. The number of nitrogens with zero attached hydrogens (tertiary/aromatic N) is 2. The SMILES string of the molecule is COP(C)c1ccc(-c2noc(C(F)(F)F)n2)cc1. The molecule has 1 heterocycles. The third-order valence-electron chi connectivity index (χ3n) is 2.43. The summed E-state index contributed by atoms with van der Waals surface area (Å²) in [5, 5.41) is 4.29. The Morgan fingerprint density at radius 1 is 1.21 bits per heavy atom. The second-order valence-electron chi connectivity index (χ2n) is 3.65. The number of rotatable bonds is 3. The molecule has 0 aliphatic carbocycles. The van der Waals surface area contributed by atoms with Crippen LogP contribution in [0.2, 0.25) is 0 Å². The first kappa shape index (κ1) is 14.0. The highest BCUT2D eigenvalue weighted by Crippen LogP contribution is 2.31. The van der Waals surface area contributed by atoms with Crippen molar-refractivity contribution in [1.82, 2.24) is 10.1 Å². The van der Waals surface area contributed by atoms with Crippen molar-refractivity contribution in [1.29, 1.82) is 0 Å². The lowest BCUT2D eigenvalue weighted by molar-refractivity contribution is -0.159. The molecule has 0 aliphatic rings. The fourth-order valence-corrected chi connectivity index (χ4v) is 2.16. The summed E-state index contributed by atoms with van der Waals surface area (Å²) in [5.74, 6) is -1.43. The van der Waals surface area contributed by atoms with Gasteiger partial charge in [-0.1, -0.05) is 29.4 Å². The molecule has 0 saturated carbocycles. The average molecular weight is 290 g/mol. The van der Waals surface area contributed by atoms with Gasteiger partial charge in [-0.2, -0.15) is 18.2 Å². The van der Waals surface area contributed by atoms with Crippen LogP contribution in [0.15, 0.2) is 28.8 Å².